The lowest BCUT2D eigenvalue weighted by Gasteiger charge is -2.36. The van der Waals surface area contributed by atoms with E-state index >= 15 is 0 Å². The maximum atomic E-state index is 12.0. The van der Waals surface area contributed by atoms with E-state index in [1.807, 2.05) is 30.3 Å². The monoisotopic (exact) mass is 384 g/mol. The van der Waals surface area contributed by atoms with Crippen LogP contribution in [-0.4, -0.2) is 38.2 Å². The Morgan fingerprint density at radius 2 is 1.89 bits per heavy atom. The zero-order chi connectivity index (χ0) is 18.8. The van der Waals surface area contributed by atoms with Crippen molar-refractivity contribution < 1.29 is 9.15 Å². The Morgan fingerprint density at radius 3 is 2.63 bits per heavy atom. The highest BCUT2D eigenvalue weighted by Gasteiger charge is 2.19. The van der Waals surface area contributed by atoms with Gasteiger partial charge >= 0.3 is 5.63 Å². The normalized spacial score (nSPS) is 15.3. The predicted molar refractivity (Wildman–Crippen MR) is 108 cm³/mol. The molecule has 0 aliphatic carbocycles. The molecule has 6 heteroatoms. The molecule has 1 aliphatic heterocycles. The van der Waals surface area contributed by atoms with Crippen LogP contribution in [0, 0.1) is 0 Å². The lowest BCUT2D eigenvalue weighted by atomic mass is 10.1. The molecule has 27 heavy (non-hydrogen) atoms. The van der Waals surface area contributed by atoms with Gasteiger partial charge in [0, 0.05) is 61.0 Å². The fourth-order valence-electron chi connectivity index (χ4n) is 3.55. The van der Waals surface area contributed by atoms with Crippen molar-refractivity contribution in [2.24, 2.45) is 0 Å². The summed E-state index contributed by atoms with van der Waals surface area (Å²) in [5.41, 5.74) is 2.37. The number of hydrogen-bond acceptors (Lipinski definition) is 5. The Balaban J connectivity index is 1.50. The van der Waals surface area contributed by atoms with Crippen LogP contribution in [0.15, 0.2) is 57.7 Å². The van der Waals surface area contributed by atoms with Gasteiger partial charge in [0.15, 0.2) is 0 Å². The van der Waals surface area contributed by atoms with E-state index in [2.05, 4.69) is 15.9 Å². The van der Waals surface area contributed by atoms with Gasteiger partial charge in [-0.15, -0.1) is 0 Å². The smallest absolute Gasteiger partial charge is 0.336 e. The molecule has 140 valence electrons. The fourth-order valence-corrected chi connectivity index (χ4v) is 3.73. The summed E-state index contributed by atoms with van der Waals surface area (Å²) in [4.78, 5) is 16.7. The van der Waals surface area contributed by atoms with Gasteiger partial charge in [-0.2, -0.15) is 0 Å². The zero-order valence-corrected chi connectivity index (χ0v) is 15.9. The van der Waals surface area contributed by atoms with Gasteiger partial charge in [-0.05, 0) is 35.9 Å². The first-order valence-corrected chi connectivity index (χ1v) is 9.34. The largest absolute Gasteiger partial charge is 0.497 e. The molecule has 0 unspecified atom stereocenters. The topological polar surface area (TPSA) is 45.9 Å². The number of piperazine rings is 1. The number of anilines is 1. The Labute approximate surface area is 162 Å². The maximum Gasteiger partial charge on any atom is 0.336 e. The first-order chi connectivity index (χ1) is 13.1. The van der Waals surface area contributed by atoms with E-state index in [0.29, 0.717) is 11.3 Å². The predicted octanol–water partition coefficient (Wildman–Crippen LogP) is 3.78. The summed E-state index contributed by atoms with van der Waals surface area (Å²) in [6.07, 6.45) is 0. The summed E-state index contributed by atoms with van der Waals surface area (Å²) in [6.45, 7) is 4.41. The molecule has 1 fully saturated rings. The molecule has 0 radical (unpaired) electrons. The minimum Gasteiger partial charge on any atom is -0.497 e. The number of rotatable bonds is 4. The van der Waals surface area contributed by atoms with Gasteiger partial charge in [0.1, 0.15) is 11.3 Å². The van der Waals surface area contributed by atoms with E-state index in [1.54, 1.807) is 19.2 Å². The number of nitrogens with zero attached hydrogens (tertiary/aromatic N) is 2. The van der Waals surface area contributed by atoms with Crippen molar-refractivity contribution in [3.05, 3.63) is 69.5 Å². The summed E-state index contributed by atoms with van der Waals surface area (Å²) in [7, 11) is 1.60. The Bertz CT molecular complexity index is 1010. The summed E-state index contributed by atoms with van der Waals surface area (Å²) in [6, 6.07) is 15.2. The molecule has 2 aromatic carbocycles. The Morgan fingerprint density at radius 1 is 1.07 bits per heavy atom. The SMILES string of the molecule is COc1ccc2c(CN3CCN(c4cccc(Cl)c4)CC3)cc(=O)oc2c1. The van der Waals surface area contributed by atoms with E-state index < -0.39 is 0 Å². The molecule has 0 N–H and O–H groups in total. The molecule has 4 rings (SSSR count). The number of benzene rings is 2. The number of methoxy groups -OCH3 is 1. The molecule has 0 spiro atoms. The van der Waals surface area contributed by atoms with Crippen LogP contribution in [-0.2, 0) is 6.54 Å². The summed E-state index contributed by atoms with van der Waals surface area (Å²) >= 11 is 6.11. The molecule has 1 saturated heterocycles. The molecule has 1 aliphatic rings. The van der Waals surface area contributed by atoms with Gasteiger partial charge in [-0.3, -0.25) is 4.90 Å². The molecule has 0 amide bonds. The molecule has 0 saturated carbocycles. The van der Waals surface area contributed by atoms with Crippen molar-refractivity contribution in [3.8, 4) is 5.75 Å². The van der Waals surface area contributed by atoms with Crippen LogP contribution in [0.4, 0.5) is 5.69 Å². The van der Waals surface area contributed by atoms with Crippen LogP contribution in [0.5, 0.6) is 5.75 Å². The van der Waals surface area contributed by atoms with E-state index in [1.165, 1.54) is 0 Å². The standard InChI is InChI=1S/C21H21ClN2O3/c1-26-18-5-6-19-15(11-21(25)27-20(19)13-18)14-23-7-9-24(10-8-23)17-4-2-3-16(22)12-17/h2-6,11-13H,7-10,14H2,1H3. The molecular weight excluding hydrogens is 364 g/mol. The Kier molecular flexibility index (Phi) is 5.05. The van der Waals surface area contributed by atoms with Gasteiger partial charge < -0.3 is 14.1 Å². The minimum absolute atomic E-state index is 0.330. The van der Waals surface area contributed by atoms with Crippen molar-refractivity contribution in [2.45, 2.75) is 6.54 Å². The average molecular weight is 385 g/mol. The van der Waals surface area contributed by atoms with Crippen LogP contribution in [0.3, 0.4) is 0 Å². The molecule has 0 atom stereocenters. The van der Waals surface area contributed by atoms with Crippen molar-refractivity contribution in [2.75, 3.05) is 38.2 Å². The van der Waals surface area contributed by atoms with Crippen LogP contribution in [0.25, 0.3) is 11.0 Å². The second kappa shape index (κ2) is 7.62. The van der Waals surface area contributed by atoms with Gasteiger partial charge in [0.2, 0.25) is 0 Å². The van der Waals surface area contributed by atoms with E-state index in [4.69, 9.17) is 20.8 Å². The number of halogens is 1. The molecule has 0 bridgehead atoms. The Hall–Kier alpha value is -2.50. The third-order valence-electron chi connectivity index (χ3n) is 4.98. The van der Waals surface area contributed by atoms with Crippen molar-refractivity contribution in [1.29, 1.82) is 0 Å². The van der Waals surface area contributed by atoms with Gasteiger partial charge in [0.25, 0.3) is 0 Å². The molecular formula is C21H21ClN2O3. The van der Waals surface area contributed by atoms with Crippen LogP contribution >= 0.6 is 11.6 Å². The quantitative estimate of drug-likeness (QED) is 0.640. The third kappa shape index (κ3) is 3.94. The lowest BCUT2D eigenvalue weighted by molar-refractivity contribution is 0.250. The first kappa shape index (κ1) is 17.9. The van der Waals surface area contributed by atoms with Crippen molar-refractivity contribution in [1.82, 2.24) is 4.90 Å². The molecule has 2 heterocycles. The van der Waals surface area contributed by atoms with Gasteiger partial charge in [-0.25, -0.2) is 4.79 Å². The highest BCUT2D eigenvalue weighted by atomic mass is 35.5. The maximum absolute atomic E-state index is 12.0. The second-order valence-corrected chi connectivity index (χ2v) is 7.13. The highest BCUT2D eigenvalue weighted by Crippen LogP contribution is 2.25. The number of fused-ring (bicyclic) bond motifs is 1. The summed E-state index contributed by atoms with van der Waals surface area (Å²) in [5, 5.41) is 1.71. The van der Waals surface area contributed by atoms with Crippen LogP contribution in [0.1, 0.15) is 5.56 Å². The van der Waals surface area contributed by atoms with Gasteiger partial charge in [0.05, 0.1) is 7.11 Å². The van der Waals surface area contributed by atoms with Crippen molar-refractivity contribution in [3.63, 3.8) is 0 Å². The highest BCUT2D eigenvalue weighted by molar-refractivity contribution is 6.30. The first-order valence-electron chi connectivity index (χ1n) is 8.96. The van der Waals surface area contributed by atoms with Gasteiger partial charge in [-0.1, -0.05) is 17.7 Å². The van der Waals surface area contributed by atoms with E-state index in [-0.39, 0.29) is 5.63 Å². The molecule has 1 aromatic heterocycles. The number of ether oxygens (including phenoxy) is 1. The fraction of sp³-hybridized carbons (Fsp3) is 0.286. The van der Waals surface area contributed by atoms with E-state index in [0.717, 1.165) is 54.4 Å². The summed E-state index contributed by atoms with van der Waals surface area (Å²) in [5.74, 6) is 0.679. The zero-order valence-electron chi connectivity index (χ0n) is 15.2. The van der Waals surface area contributed by atoms with Crippen LogP contribution < -0.4 is 15.3 Å². The minimum atomic E-state index is -0.330. The average Bonchev–Trinajstić information content (AvgIpc) is 2.68. The second-order valence-electron chi connectivity index (χ2n) is 6.70. The summed E-state index contributed by atoms with van der Waals surface area (Å²) < 4.78 is 10.6. The lowest BCUT2D eigenvalue weighted by Crippen LogP contribution is -2.46. The van der Waals surface area contributed by atoms with Crippen molar-refractivity contribution >= 4 is 28.3 Å². The van der Waals surface area contributed by atoms with Crippen LogP contribution in [0.2, 0.25) is 5.02 Å². The third-order valence-corrected chi connectivity index (χ3v) is 5.21. The van der Waals surface area contributed by atoms with E-state index in [9.17, 15) is 4.79 Å². The molecule has 5 nitrogen and oxygen atoms in total. The molecule has 3 aromatic rings. The number of hydrogen-bond donors (Lipinski definition) is 0.